The van der Waals surface area contributed by atoms with Crippen molar-refractivity contribution in [2.45, 2.75) is 30.9 Å². The molecule has 1 aliphatic heterocycles. The van der Waals surface area contributed by atoms with Crippen molar-refractivity contribution in [1.29, 1.82) is 0 Å². The van der Waals surface area contributed by atoms with Crippen molar-refractivity contribution in [2.24, 2.45) is 5.92 Å². The van der Waals surface area contributed by atoms with Gasteiger partial charge in [0, 0.05) is 25.0 Å². The molecule has 0 radical (unpaired) electrons. The average molecular weight is 423 g/mol. The molecule has 1 heterocycles. The third-order valence-electron chi connectivity index (χ3n) is 5.23. The number of nitrogens with one attached hydrogen (secondary N) is 1. The molecule has 3 atom stereocenters. The number of aliphatic hydroxyl groups excluding tert-OH is 1. The lowest BCUT2D eigenvalue weighted by Crippen LogP contribution is -2.49. The molecule has 6 nitrogen and oxygen atoms in total. The second-order valence-electron chi connectivity index (χ2n) is 7.47. The van der Waals surface area contributed by atoms with Crippen LogP contribution >= 0.6 is 0 Å². The molecule has 0 aromatic heterocycles. The highest BCUT2D eigenvalue weighted by molar-refractivity contribution is 7.89. The molecule has 2 aromatic rings. The molecule has 0 fully saturated rings. The van der Waals surface area contributed by atoms with Gasteiger partial charge in [0.1, 0.15) is 22.6 Å². The number of hydrogen-bond acceptors (Lipinski definition) is 5. The average Bonchev–Trinajstić information content (AvgIpc) is 2.70. The second kappa shape index (κ2) is 8.79. The van der Waals surface area contributed by atoms with Gasteiger partial charge in [-0.3, -0.25) is 0 Å². The minimum Gasteiger partial charge on any atom is -0.487 e. The summed E-state index contributed by atoms with van der Waals surface area (Å²) in [6.07, 6.45) is -0.273. The number of ether oxygens (including phenoxy) is 1. The second-order valence-corrected chi connectivity index (χ2v) is 9.33. The molecule has 0 saturated heterocycles. The summed E-state index contributed by atoms with van der Waals surface area (Å²) < 4.78 is 47.8. The summed E-state index contributed by atoms with van der Waals surface area (Å²) in [5.74, 6) is -0.252. The molecule has 2 aromatic carbocycles. The number of fused-ring (bicyclic) bond motifs is 1. The fourth-order valence-corrected chi connectivity index (χ4v) is 5.34. The molecule has 0 bridgehead atoms. The Balaban J connectivity index is 2.15. The summed E-state index contributed by atoms with van der Waals surface area (Å²) in [6, 6.07) is 10.3. The minimum absolute atomic E-state index is 0.0472. The Kier molecular flexibility index (Phi) is 6.58. The van der Waals surface area contributed by atoms with E-state index in [1.807, 2.05) is 14.0 Å². The number of halogens is 1. The maximum Gasteiger partial charge on any atom is 0.247 e. The van der Waals surface area contributed by atoms with Crippen molar-refractivity contribution >= 4 is 10.0 Å². The number of rotatable bonds is 5. The maximum atomic E-state index is 13.7. The van der Waals surface area contributed by atoms with Crippen LogP contribution in [0.2, 0.25) is 0 Å². The molecule has 0 aliphatic carbocycles. The van der Waals surface area contributed by atoms with Gasteiger partial charge >= 0.3 is 0 Å². The van der Waals surface area contributed by atoms with E-state index in [-0.39, 0.29) is 41.6 Å². The first-order valence-corrected chi connectivity index (χ1v) is 11.1. The Hall–Kier alpha value is -2.00. The fourth-order valence-electron chi connectivity index (χ4n) is 3.52. The van der Waals surface area contributed by atoms with Crippen molar-refractivity contribution in [3.63, 3.8) is 0 Å². The smallest absolute Gasteiger partial charge is 0.247 e. The van der Waals surface area contributed by atoms with E-state index in [9.17, 15) is 17.9 Å². The van der Waals surface area contributed by atoms with Crippen LogP contribution in [0.15, 0.2) is 47.4 Å². The third kappa shape index (κ3) is 4.45. The molecule has 29 heavy (non-hydrogen) atoms. The van der Waals surface area contributed by atoms with Crippen LogP contribution < -0.4 is 10.1 Å². The largest absolute Gasteiger partial charge is 0.487 e. The molecular formula is C21H27FN2O4S. The lowest BCUT2D eigenvalue weighted by atomic mass is 10.0. The molecule has 0 amide bonds. The predicted octanol–water partition coefficient (Wildman–Crippen LogP) is 2.48. The maximum absolute atomic E-state index is 13.7. The predicted molar refractivity (Wildman–Crippen MR) is 110 cm³/mol. The van der Waals surface area contributed by atoms with Gasteiger partial charge in [-0.2, -0.15) is 4.31 Å². The van der Waals surface area contributed by atoms with Crippen molar-refractivity contribution in [2.75, 3.05) is 26.7 Å². The van der Waals surface area contributed by atoms with Crippen LogP contribution in [-0.4, -0.2) is 56.7 Å². The molecule has 0 unspecified atom stereocenters. The number of aliphatic hydroxyl groups is 1. The number of hydrogen-bond donors (Lipinski definition) is 2. The summed E-state index contributed by atoms with van der Waals surface area (Å²) >= 11 is 0. The summed E-state index contributed by atoms with van der Waals surface area (Å²) in [6.45, 7) is 4.10. The monoisotopic (exact) mass is 422 g/mol. The summed E-state index contributed by atoms with van der Waals surface area (Å²) in [5.41, 5.74) is 1.30. The van der Waals surface area contributed by atoms with Crippen LogP contribution in [0.3, 0.4) is 0 Å². The molecule has 0 spiro atoms. The van der Waals surface area contributed by atoms with E-state index >= 15 is 0 Å². The summed E-state index contributed by atoms with van der Waals surface area (Å²) in [7, 11) is -2.07. The van der Waals surface area contributed by atoms with Crippen LogP contribution in [0.5, 0.6) is 5.75 Å². The number of likely N-dealkylation sites (N-methyl/N-ethyl adjacent to an activating group) is 1. The van der Waals surface area contributed by atoms with E-state index in [1.54, 1.807) is 31.2 Å². The zero-order chi connectivity index (χ0) is 21.2. The van der Waals surface area contributed by atoms with Gasteiger partial charge in [0.25, 0.3) is 0 Å². The van der Waals surface area contributed by atoms with Gasteiger partial charge in [0.05, 0.1) is 6.61 Å². The van der Waals surface area contributed by atoms with Gasteiger partial charge in [-0.25, -0.2) is 12.8 Å². The van der Waals surface area contributed by atoms with E-state index in [2.05, 4.69) is 5.32 Å². The van der Waals surface area contributed by atoms with Crippen molar-refractivity contribution in [3.8, 4) is 16.9 Å². The van der Waals surface area contributed by atoms with Gasteiger partial charge in [0.2, 0.25) is 10.0 Å². The Morgan fingerprint density at radius 3 is 2.66 bits per heavy atom. The van der Waals surface area contributed by atoms with Crippen molar-refractivity contribution in [3.05, 3.63) is 48.3 Å². The lowest BCUT2D eigenvalue weighted by molar-refractivity contribution is 0.103. The first kappa shape index (κ1) is 21.7. The van der Waals surface area contributed by atoms with E-state index in [0.29, 0.717) is 17.7 Å². The lowest BCUT2D eigenvalue weighted by Gasteiger charge is -2.36. The number of benzene rings is 2. The Labute approximate surface area is 171 Å². The zero-order valence-electron chi connectivity index (χ0n) is 16.8. The van der Waals surface area contributed by atoms with E-state index in [1.165, 1.54) is 22.5 Å². The number of nitrogens with zero attached hydrogens (tertiary/aromatic N) is 1. The van der Waals surface area contributed by atoms with E-state index in [4.69, 9.17) is 4.74 Å². The summed E-state index contributed by atoms with van der Waals surface area (Å²) in [4.78, 5) is 0.0472. The van der Waals surface area contributed by atoms with Crippen LogP contribution in [0.25, 0.3) is 11.1 Å². The fraction of sp³-hybridized carbons (Fsp3) is 0.429. The highest BCUT2D eigenvalue weighted by Crippen LogP contribution is 2.36. The Morgan fingerprint density at radius 2 is 2.00 bits per heavy atom. The SMILES string of the molecule is CNC[C@@H]1Oc2cc(-c3cccc(F)c3)ccc2S(=O)(=O)N([C@@H](C)CO)C[C@H]1C. The standard InChI is InChI=1S/C21H27FN2O4S/c1-14-12-24(15(2)13-25)29(26,27)21-8-7-17(16-5-4-6-18(22)9-16)10-19(21)28-20(14)11-23-3/h4-10,14-15,20,23,25H,11-13H2,1-3H3/t14-,15+,20+/m1/s1. The van der Waals surface area contributed by atoms with Crippen molar-refractivity contribution in [1.82, 2.24) is 9.62 Å². The molecule has 158 valence electrons. The highest BCUT2D eigenvalue weighted by Gasteiger charge is 2.37. The molecular weight excluding hydrogens is 395 g/mol. The first-order chi connectivity index (χ1) is 13.8. The first-order valence-electron chi connectivity index (χ1n) is 9.62. The molecule has 2 N–H and O–H groups in total. The summed E-state index contributed by atoms with van der Waals surface area (Å²) in [5, 5.41) is 12.7. The quantitative estimate of drug-likeness (QED) is 0.774. The van der Waals surface area contributed by atoms with Gasteiger partial charge in [-0.15, -0.1) is 0 Å². The molecule has 3 rings (SSSR count). The van der Waals surface area contributed by atoms with E-state index in [0.717, 1.165) is 0 Å². The zero-order valence-corrected chi connectivity index (χ0v) is 17.6. The van der Waals surface area contributed by atoms with Gasteiger partial charge < -0.3 is 15.2 Å². The van der Waals surface area contributed by atoms with Gasteiger partial charge in [-0.1, -0.05) is 25.1 Å². The topological polar surface area (TPSA) is 78.9 Å². The highest BCUT2D eigenvalue weighted by atomic mass is 32.2. The molecule has 8 heteroatoms. The Morgan fingerprint density at radius 1 is 1.28 bits per heavy atom. The van der Waals surface area contributed by atoms with Crippen LogP contribution in [-0.2, 0) is 10.0 Å². The van der Waals surface area contributed by atoms with Crippen LogP contribution in [0.4, 0.5) is 4.39 Å². The Bertz CT molecular complexity index is 967. The van der Waals surface area contributed by atoms with E-state index < -0.39 is 16.1 Å². The van der Waals surface area contributed by atoms with Crippen LogP contribution in [0, 0.1) is 11.7 Å². The molecule has 1 aliphatic rings. The van der Waals surface area contributed by atoms with Gasteiger partial charge in [-0.05, 0) is 49.4 Å². The minimum atomic E-state index is -3.88. The third-order valence-corrected chi connectivity index (χ3v) is 7.25. The molecule has 0 saturated carbocycles. The normalized spacial score (nSPS) is 22.8. The number of sulfonamides is 1. The van der Waals surface area contributed by atoms with Gasteiger partial charge in [0.15, 0.2) is 0 Å². The van der Waals surface area contributed by atoms with Crippen molar-refractivity contribution < 1.29 is 22.7 Å². The van der Waals surface area contributed by atoms with Crippen LogP contribution in [0.1, 0.15) is 13.8 Å².